The zero-order chi connectivity index (χ0) is 17.4. The van der Waals surface area contributed by atoms with Crippen molar-refractivity contribution < 1.29 is 9.59 Å². The summed E-state index contributed by atoms with van der Waals surface area (Å²) in [4.78, 5) is 26.7. The second-order valence-electron chi connectivity index (χ2n) is 6.15. The van der Waals surface area contributed by atoms with E-state index in [1.165, 1.54) is 10.5 Å². The van der Waals surface area contributed by atoms with E-state index in [2.05, 4.69) is 24.8 Å². The third-order valence-corrected chi connectivity index (χ3v) is 4.61. The summed E-state index contributed by atoms with van der Waals surface area (Å²) in [5.74, 6) is -0.515. The van der Waals surface area contributed by atoms with E-state index in [0.29, 0.717) is 11.1 Å². The molecular formula is C22H17NO2. The monoisotopic (exact) mass is 327 g/mol. The summed E-state index contributed by atoms with van der Waals surface area (Å²) in [7, 11) is 0. The van der Waals surface area contributed by atoms with Gasteiger partial charge in [0, 0.05) is 23.1 Å². The largest absolute Gasteiger partial charge is 0.270 e. The lowest BCUT2D eigenvalue weighted by Crippen LogP contribution is -2.40. The van der Waals surface area contributed by atoms with Crippen LogP contribution >= 0.6 is 0 Å². The lowest BCUT2D eigenvalue weighted by molar-refractivity contribution is 0.0629. The number of rotatable bonds is 4. The number of amides is 2. The van der Waals surface area contributed by atoms with Crippen molar-refractivity contribution >= 4 is 28.7 Å². The first kappa shape index (κ1) is 15.3. The first-order valence-electron chi connectivity index (χ1n) is 8.27. The number of hydrogen-bond acceptors (Lipinski definition) is 2. The molecule has 0 saturated heterocycles. The van der Waals surface area contributed by atoms with Gasteiger partial charge in [-0.25, -0.2) is 0 Å². The Morgan fingerprint density at radius 3 is 2.56 bits per heavy atom. The van der Waals surface area contributed by atoms with Crippen LogP contribution in [0, 0.1) is 0 Å². The van der Waals surface area contributed by atoms with Gasteiger partial charge in [0.2, 0.25) is 0 Å². The molecule has 2 aromatic carbocycles. The molecule has 0 unspecified atom stereocenters. The van der Waals surface area contributed by atoms with Crippen LogP contribution in [0.2, 0.25) is 0 Å². The molecule has 122 valence electrons. The van der Waals surface area contributed by atoms with Crippen LogP contribution in [0.15, 0.2) is 72.9 Å². The topological polar surface area (TPSA) is 37.4 Å². The van der Waals surface area contributed by atoms with Crippen molar-refractivity contribution in [2.75, 3.05) is 6.54 Å². The highest BCUT2D eigenvalue weighted by molar-refractivity contribution is 6.26. The molecule has 0 atom stereocenters. The quantitative estimate of drug-likeness (QED) is 0.611. The van der Waals surface area contributed by atoms with Crippen molar-refractivity contribution in [1.82, 2.24) is 4.90 Å². The van der Waals surface area contributed by atoms with E-state index in [-0.39, 0.29) is 18.4 Å². The van der Waals surface area contributed by atoms with E-state index in [9.17, 15) is 9.59 Å². The van der Waals surface area contributed by atoms with Crippen LogP contribution in [0.4, 0.5) is 0 Å². The van der Waals surface area contributed by atoms with Gasteiger partial charge in [-0.3, -0.25) is 14.5 Å². The molecule has 3 nitrogen and oxygen atoms in total. The van der Waals surface area contributed by atoms with E-state index >= 15 is 0 Å². The minimum atomic E-state index is -0.258. The maximum Gasteiger partial charge on any atom is 0.261 e. The summed E-state index contributed by atoms with van der Waals surface area (Å²) in [6.07, 6.45) is 12.9. The molecule has 4 rings (SSSR count). The van der Waals surface area contributed by atoms with Gasteiger partial charge < -0.3 is 0 Å². The minimum Gasteiger partial charge on any atom is -0.270 e. The van der Waals surface area contributed by atoms with Crippen molar-refractivity contribution in [2.45, 2.75) is 6.42 Å². The van der Waals surface area contributed by atoms with Crippen molar-refractivity contribution in [3.63, 3.8) is 0 Å². The molecule has 25 heavy (non-hydrogen) atoms. The van der Waals surface area contributed by atoms with Gasteiger partial charge in [0.25, 0.3) is 11.8 Å². The molecule has 0 spiro atoms. The highest BCUT2D eigenvalue weighted by Crippen LogP contribution is 2.33. The predicted octanol–water partition coefficient (Wildman–Crippen LogP) is 4.52. The van der Waals surface area contributed by atoms with E-state index in [4.69, 9.17) is 0 Å². The van der Waals surface area contributed by atoms with Crippen LogP contribution in [-0.2, 0) is 0 Å². The van der Waals surface area contributed by atoms with Gasteiger partial charge in [0.05, 0.1) is 0 Å². The molecule has 2 aromatic rings. The van der Waals surface area contributed by atoms with Gasteiger partial charge in [0.15, 0.2) is 0 Å². The smallest absolute Gasteiger partial charge is 0.261 e. The Balaban J connectivity index is 1.87. The second kappa shape index (κ2) is 6.02. The Hall–Kier alpha value is -3.20. The van der Waals surface area contributed by atoms with E-state index in [0.717, 1.165) is 22.8 Å². The van der Waals surface area contributed by atoms with E-state index < -0.39 is 0 Å². The summed E-state index contributed by atoms with van der Waals surface area (Å²) in [6.45, 7) is 3.86. The van der Waals surface area contributed by atoms with Crippen molar-refractivity contribution in [1.29, 1.82) is 0 Å². The van der Waals surface area contributed by atoms with Crippen molar-refractivity contribution in [3.05, 3.63) is 89.6 Å². The number of hydrogen-bond donors (Lipinski definition) is 0. The summed E-state index contributed by atoms with van der Waals surface area (Å²) in [6, 6.07) is 9.38. The number of imide groups is 1. The molecule has 0 aromatic heterocycles. The average molecular weight is 327 g/mol. The predicted molar refractivity (Wildman–Crippen MR) is 100 cm³/mol. The number of nitrogens with zero attached hydrogens (tertiary/aromatic N) is 1. The zero-order valence-electron chi connectivity index (χ0n) is 13.7. The summed E-state index contributed by atoms with van der Waals surface area (Å²) >= 11 is 0. The Morgan fingerprint density at radius 1 is 1.04 bits per heavy atom. The third-order valence-electron chi connectivity index (χ3n) is 4.61. The Labute approximate surface area is 146 Å². The Bertz CT molecular complexity index is 986. The molecule has 2 aliphatic rings. The van der Waals surface area contributed by atoms with Crippen LogP contribution in [0.1, 0.15) is 32.7 Å². The molecule has 0 bridgehead atoms. The van der Waals surface area contributed by atoms with Gasteiger partial charge in [-0.05, 0) is 35.1 Å². The Morgan fingerprint density at radius 2 is 1.84 bits per heavy atom. The SMILES string of the molecule is C=CCN1C(=O)c2cccc3c(/C=C/C4=CC=CC4)ccc(c23)C1=O. The lowest BCUT2D eigenvalue weighted by Gasteiger charge is -2.26. The molecule has 1 heterocycles. The van der Waals surface area contributed by atoms with Crippen molar-refractivity contribution in [3.8, 4) is 0 Å². The average Bonchev–Trinajstić information content (AvgIpc) is 3.15. The molecule has 0 saturated carbocycles. The molecular weight excluding hydrogens is 310 g/mol. The number of allylic oxidation sites excluding steroid dienone is 5. The second-order valence-corrected chi connectivity index (χ2v) is 6.15. The molecule has 0 N–H and O–H groups in total. The number of benzene rings is 2. The van der Waals surface area contributed by atoms with Crippen LogP contribution in [0.5, 0.6) is 0 Å². The maximum absolute atomic E-state index is 12.7. The first-order valence-corrected chi connectivity index (χ1v) is 8.27. The minimum absolute atomic E-state index is 0.219. The Kier molecular flexibility index (Phi) is 3.69. The molecule has 0 radical (unpaired) electrons. The van der Waals surface area contributed by atoms with Crippen LogP contribution in [0.3, 0.4) is 0 Å². The van der Waals surface area contributed by atoms with Gasteiger partial charge in [-0.1, -0.05) is 54.7 Å². The highest BCUT2D eigenvalue weighted by atomic mass is 16.2. The highest BCUT2D eigenvalue weighted by Gasteiger charge is 2.32. The summed E-state index contributed by atoms with van der Waals surface area (Å²) in [5, 5.41) is 1.68. The van der Waals surface area contributed by atoms with Gasteiger partial charge in [0.1, 0.15) is 0 Å². The summed E-state index contributed by atoms with van der Waals surface area (Å²) in [5.41, 5.74) is 3.40. The van der Waals surface area contributed by atoms with Crippen LogP contribution < -0.4 is 0 Å². The fourth-order valence-corrected chi connectivity index (χ4v) is 3.39. The fourth-order valence-electron chi connectivity index (χ4n) is 3.39. The lowest BCUT2D eigenvalue weighted by atomic mass is 9.91. The van der Waals surface area contributed by atoms with Crippen LogP contribution in [-0.4, -0.2) is 23.3 Å². The number of carbonyl (C=O) groups is 2. The molecule has 1 aliphatic heterocycles. The standard InChI is InChI=1S/C22H17NO2/c1-2-14-23-21(24)18-9-5-8-17-16(11-10-15-6-3-4-7-15)12-13-19(20(17)18)22(23)25/h2-6,8-13H,1,7,14H2/b11-10+. The first-order chi connectivity index (χ1) is 12.2. The fraction of sp³-hybridized carbons (Fsp3) is 0.0909. The molecule has 2 amide bonds. The molecule has 1 aliphatic carbocycles. The normalized spacial score (nSPS) is 16.2. The maximum atomic E-state index is 12.7. The zero-order valence-corrected chi connectivity index (χ0v) is 13.7. The summed E-state index contributed by atoms with van der Waals surface area (Å²) < 4.78 is 0. The van der Waals surface area contributed by atoms with E-state index in [1.807, 2.05) is 36.4 Å². The van der Waals surface area contributed by atoms with Gasteiger partial charge >= 0.3 is 0 Å². The third kappa shape index (κ3) is 2.45. The molecule has 0 fully saturated rings. The van der Waals surface area contributed by atoms with Crippen LogP contribution in [0.25, 0.3) is 16.8 Å². The van der Waals surface area contributed by atoms with Gasteiger partial charge in [-0.2, -0.15) is 0 Å². The van der Waals surface area contributed by atoms with Crippen molar-refractivity contribution in [2.24, 2.45) is 0 Å². The number of carbonyl (C=O) groups excluding carboxylic acids is 2. The van der Waals surface area contributed by atoms with Gasteiger partial charge in [-0.15, -0.1) is 6.58 Å². The molecule has 3 heteroatoms. The van der Waals surface area contributed by atoms with E-state index in [1.54, 1.807) is 12.1 Å².